The Balaban J connectivity index is 0.726. The second-order valence-corrected chi connectivity index (χ2v) is 15.7. The first kappa shape index (κ1) is 34.6. The average molecular weight is 755 g/mol. The molecule has 1 atom stereocenters. The van der Waals surface area contributed by atoms with E-state index in [0.29, 0.717) is 36.3 Å². The molecule has 4 saturated heterocycles. The van der Waals surface area contributed by atoms with Crippen molar-refractivity contribution in [2.45, 2.75) is 43.8 Å². The number of nitrogens with two attached hydrogens (primary N) is 1. The lowest BCUT2D eigenvalue weighted by atomic mass is 9.94. The number of hydrogen-bond donors (Lipinski definition) is 2. The minimum Gasteiger partial charge on any atom is -0.457 e. The minimum absolute atomic E-state index is 0.213. The van der Waals surface area contributed by atoms with E-state index in [4.69, 9.17) is 15.6 Å². The van der Waals surface area contributed by atoms with E-state index in [1.165, 1.54) is 6.33 Å². The number of carbonyl (C=O) groups is 2. The van der Waals surface area contributed by atoms with Gasteiger partial charge in [0.1, 0.15) is 41.2 Å². The second kappa shape index (κ2) is 14.0. The molecule has 0 radical (unpaired) electrons. The molecule has 3 N–H and O–H groups in total. The summed E-state index contributed by atoms with van der Waals surface area (Å²) in [7, 11) is 0. The monoisotopic (exact) mass is 754 g/mol. The molecule has 3 aromatic heterocycles. The zero-order valence-electron chi connectivity index (χ0n) is 30.9. The van der Waals surface area contributed by atoms with Crippen LogP contribution in [0.2, 0.25) is 0 Å². The van der Waals surface area contributed by atoms with Gasteiger partial charge in [0.15, 0.2) is 5.65 Å². The fourth-order valence-corrected chi connectivity index (χ4v) is 8.99. The van der Waals surface area contributed by atoms with Crippen LogP contribution in [0.1, 0.15) is 37.8 Å². The molecule has 0 aliphatic carbocycles. The van der Waals surface area contributed by atoms with Gasteiger partial charge in [-0.3, -0.25) is 24.7 Å². The fourth-order valence-electron chi connectivity index (χ4n) is 8.99. The summed E-state index contributed by atoms with van der Waals surface area (Å²) < 4.78 is 25.1. The van der Waals surface area contributed by atoms with Gasteiger partial charge in [0.2, 0.25) is 11.8 Å². The van der Waals surface area contributed by atoms with Gasteiger partial charge in [0, 0.05) is 92.9 Å². The van der Waals surface area contributed by atoms with Crippen LogP contribution in [0.3, 0.4) is 0 Å². The van der Waals surface area contributed by atoms with E-state index in [1.54, 1.807) is 12.3 Å². The third kappa shape index (κ3) is 6.41. The van der Waals surface area contributed by atoms with E-state index in [1.807, 2.05) is 71.4 Å². The first-order valence-electron chi connectivity index (χ1n) is 19.5. The third-order valence-electron chi connectivity index (χ3n) is 12.0. The van der Waals surface area contributed by atoms with E-state index in [2.05, 4.69) is 34.7 Å². The molecule has 10 rings (SSSR count). The molecular weight excluding hydrogens is 712 g/mol. The van der Waals surface area contributed by atoms with Crippen molar-refractivity contribution in [3.63, 3.8) is 0 Å². The Labute approximate surface area is 322 Å². The number of imide groups is 1. The smallest absolute Gasteiger partial charge is 0.249 e. The number of halogens is 1. The van der Waals surface area contributed by atoms with E-state index in [-0.39, 0.29) is 23.7 Å². The molecule has 3 aromatic carbocycles. The van der Waals surface area contributed by atoms with Crippen LogP contribution in [0, 0.1) is 11.7 Å². The Hall–Kier alpha value is -5.86. The first-order valence-corrected chi connectivity index (χ1v) is 19.5. The third-order valence-corrected chi connectivity index (χ3v) is 12.0. The number of piperidine rings is 2. The van der Waals surface area contributed by atoms with Gasteiger partial charge in [-0.25, -0.2) is 19.0 Å². The topological polar surface area (TPSA) is 140 Å². The predicted octanol–water partition coefficient (Wildman–Crippen LogP) is 5.40. The summed E-state index contributed by atoms with van der Waals surface area (Å²) in [6.45, 7) is 6.76. The Morgan fingerprint density at radius 1 is 0.857 bits per heavy atom. The maximum Gasteiger partial charge on any atom is 0.249 e. The molecule has 6 aromatic rings. The molecule has 2 amide bonds. The van der Waals surface area contributed by atoms with Crippen LogP contribution in [0.25, 0.3) is 33.1 Å². The van der Waals surface area contributed by atoms with Crippen molar-refractivity contribution in [1.29, 1.82) is 0 Å². The number of anilines is 2. The highest BCUT2D eigenvalue weighted by atomic mass is 19.1. The molecule has 13 nitrogen and oxygen atoms in total. The lowest BCUT2D eigenvalue weighted by Crippen LogP contribution is -2.63. The van der Waals surface area contributed by atoms with Gasteiger partial charge in [-0.15, -0.1) is 0 Å². The number of fused-ring (bicyclic) bond motifs is 2. The zero-order valence-corrected chi connectivity index (χ0v) is 30.9. The van der Waals surface area contributed by atoms with Crippen molar-refractivity contribution in [3.8, 4) is 22.8 Å². The molecule has 4 fully saturated rings. The zero-order chi connectivity index (χ0) is 37.9. The van der Waals surface area contributed by atoms with Crippen molar-refractivity contribution >= 4 is 45.1 Å². The Kier molecular flexibility index (Phi) is 8.66. The largest absolute Gasteiger partial charge is 0.457 e. The van der Waals surface area contributed by atoms with Gasteiger partial charge in [0.25, 0.3) is 0 Å². The highest BCUT2D eigenvalue weighted by Gasteiger charge is 2.38. The summed E-state index contributed by atoms with van der Waals surface area (Å²) in [5, 5.41) is 9.94. The number of para-hydroxylation sites is 1. The number of likely N-dealkylation sites (tertiary alicyclic amines) is 2. The molecular formula is C42H43FN10O3. The number of amides is 2. The van der Waals surface area contributed by atoms with Crippen LogP contribution in [0.15, 0.2) is 85.5 Å². The maximum absolute atomic E-state index is 15.3. The summed E-state index contributed by atoms with van der Waals surface area (Å²) in [6.07, 6.45) is 7.92. The molecule has 4 aliphatic heterocycles. The van der Waals surface area contributed by atoms with Gasteiger partial charge in [-0.2, -0.15) is 5.10 Å². The number of rotatable bonds is 9. The maximum atomic E-state index is 15.3. The highest BCUT2D eigenvalue weighted by Crippen LogP contribution is 2.37. The van der Waals surface area contributed by atoms with Crippen LogP contribution >= 0.6 is 0 Å². The van der Waals surface area contributed by atoms with Crippen molar-refractivity contribution < 1.29 is 18.7 Å². The Morgan fingerprint density at radius 2 is 1.59 bits per heavy atom. The van der Waals surface area contributed by atoms with Gasteiger partial charge >= 0.3 is 0 Å². The van der Waals surface area contributed by atoms with Gasteiger partial charge in [-0.1, -0.05) is 18.2 Å². The summed E-state index contributed by atoms with van der Waals surface area (Å²) in [5.74, 6) is 1.65. The lowest BCUT2D eigenvalue weighted by Gasteiger charge is -2.51. The van der Waals surface area contributed by atoms with E-state index in [9.17, 15) is 9.59 Å². The van der Waals surface area contributed by atoms with E-state index in [0.717, 1.165) is 103 Å². The molecule has 14 heteroatoms. The predicted molar refractivity (Wildman–Crippen MR) is 211 cm³/mol. The summed E-state index contributed by atoms with van der Waals surface area (Å²) in [4.78, 5) is 40.2. The Morgan fingerprint density at radius 3 is 2.34 bits per heavy atom. The molecule has 4 aliphatic rings. The van der Waals surface area contributed by atoms with Gasteiger partial charge in [0.05, 0.1) is 17.1 Å². The van der Waals surface area contributed by atoms with Crippen LogP contribution in [0.4, 0.5) is 15.9 Å². The van der Waals surface area contributed by atoms with Crippen molar-refractivity contribution in [2.24, 2.45) is 5.92 Å². The van der Waals surface area contributed by atoms with Crippen molar-refractivity contribution in [1.82, 2.24) is 39.4 Å². The number of benzene rings is 3. The number of carbonyl (C=O) groups excluding carboxylic acids is 2. The SMILES string of the molecule is Nc1ncnc2c1c(-c1ccc(Oc3ccccc3)cc1)nn2C1CCN(C2CN(CC3CN(c4cc5cn(C6CCC(=O)NC6=O)cc5cc4F)C3)C2)CC1. The van der Waals surface area contributed by atoms with Crippen LogP contribution in [0.5, 0.6) is 11.5 Å². The highest BCUT2D eigenvalue weighted by molar-refractivity contribution is 6.00. The molecule has 0 saturated carbocycles. The number of ether oxygens (including phenoxy) is 1. The first-order chi connectivity index (χ1) is 27.3. The summed E-state index contributed by atoms with van der Waals surface area (Å²) in [6, 6.07) is 21.4. The standard InChI is InChI=1S/C42H43FN10O3/c43-34-16-28-21-52(35-10-11-37(54)47-42(35)55)22-29(28)17-36(34)51-19-26(20-51)18-49-23-31(24-49)50-14-12-30(13-15-50)53-41-38(40(44)45-25-46-41)39(48-53)27-6-8-33(9-7-27)56-32-4-2-1-3-5-32/h1-9,16-17,21-22,25-26,30-31,35H,10-15,18-20,23-24H2,(H2,44,45,46)(H,47,54,55). The molecule has 286 valence electrons. The summed E-state index contributed by atoms with van der Waals surface area (Å²) >= 11 is 0. The van der Waals surface area contributed by atoms with E-state index < -0.39 is 6.04 Å². The molecule has 1 unspecified atom stereocenters. The second-order valence-electron chi connectivity index (χ2n) is 15.7. The molecule has 0 spiro atoms. The normalized spacial score (nSPS) is 20.4. The van der Waals surface area contributed by atoms with Crippen molar-refractivity contribution in [3.05, 3.63) is 91.3 Å². The number of nitrogens with one attached hydrogen (secondary N) is 1. The average Bonchev–Trinajstić information content (AvgIpc) is 3.76. The number of hydrogen-bond acceptors (Lipinski definition) is 10. The molecule has 0 bridgehead atoms. The molecule has 7 heterocycles. The van der Waals surface area contributed by atoms with Crippen LogP contribution in [-0.4, -0.2) is 97.8 Å². The number of aromatic nitrogens is 5. The Bertz CT molecular complexity index is 2430. The quantitative estimate of drug-likeness (QED) is 0.185. The van der Waals surface area contributed by atoms with Crippen LogP contribution in [-0.2, 0) is 9.59 Å². The van der Waals surface area contributed by atoms with Crippen molar-refractivity contribution in [2.75, 3.05) is 56.4 Å². The number of nitrogen functional groups attached to an aromatic ring is 1. The fraction of sp³-hybridized carbons (Fsp3) is 0.357. The van der Waals surface area contributed by atoms with E-state index >= 15 is 4.39 Å². The molecule has 56 heavy (non-hydrogen) atoms. The number of nitrogens with zero attached hydrogens (tertiary/aromatic N) is 8. The van der Waals surface area contributed by atoms with Gasteiger partial charge < -0.3 is 19.9 Å². The minimum atomic E-state index is -0.455. The van der Waals surface area contributed by atoms with Gasteiger partial charge in [-0.05, 0) is 67.8 Å². The summed E-state index contributed by atoms with van der Waals surface area (Å²) in [5.41, 5.74) is 9.53. The van der Waals surface area contributed by atoms with Crippen LogP contribution < -0.4 is 20.7 Å². The lowest BCUT2D eigenvalue weighted by molar-refractivity contribution is -0.135.